The number of nitrogens with one attached hydrogen (secondary N) is 1. The normalized spacial score (nSPS) is 24.2. The van der Waals surface area contributed by atoms with Crippen molar-refractivity contribution in [3.8, 4) is 0 Å². The van der Waals surface area contributed by atoms with Crippen LogP contribution in [0.4, 0.5) is 0 Å². The Balaban J connectivity index is 1.63. The summed E-state index contributed by atoms with van der Waals surface area (Å²) in [6.45, 7) is 7.96. The van der Waals surface area contributed by atoms with Gasteiger partial charge in [-0.2, -0.15) is 0 Å². The number of nitrogens with zero attached hydrogens (tertiary/aromatic N) is 1. The fraction of sp³-hybridized carbons (Fsp3) is 0.609. The van der Waals surface area contributed by atoms with E-state index >= 15 is 0 Å². The molecule has 1 saturated heterocycles. The van der Waals surface area contributed by atoms with Gasteiger partial charge in [0.2, 0.25) is 17.7 Å². The third kappa shape index (κ3) is 4.13. The number of amides is 3. The second-order valence-corrected chi connectivity index (χ2v) is 8.79. The third-order valence-electron chi connectivity index (χ3n) is 6.12. The van der Waals surface area contributed by atoms with Gasteiger partial charge in [-0.05, 0) is 50.2 Å². The van der Waals surface area contributed by atoms with Gasteiger partial charge in [-0.1, -0.05) is 51.0 Å². The lowest BCUT2D eigenvalue weighted by atomic mass is 9.81. The Bertz CT molecular complexity index is 717. The molecule has 5 nitrogen and oxygen atoms in total. The minimum Gasteiger partial charge on any atom is -0.348 e. The topological polar surface area (TPSA) is 66.5 Å². The van der Waals surface area contributed by atoms with Crippen LogP contribution in [0.5, 0.6) is 0 Å². The van der Waals surface area contributed by atoms with Crippen LogP contribution < -0.4 is 5.32 Å². The Morgan fingerprint density at radius 2 is 1.54 bits per heavy atom. The molecular weight excluding hydrogens is 352 g/mol. The van der Waals surface area contributed by atoms with Crippen molar-refractivity contribution in [3.63, 3.8) is 0 Å². The summed E-state index contributed by atoms with van der Waals surface area (Å²) in [5, 5.41) is 2.97. The first-order valence-corrected chi connectivity index (χ1v) is 10.6. The number of rotatable bonds is 6. The van der Waals surface area contributed by atoms with Gasteiger partial charge in [0.05, 0.1) is 17.9 Å². The number of carbonyl (C=O) groups is 3. The molecule has 1 aromatic rings. The zero-order valence-corrected chi connectivity index (χ0v) is 17.4. The highest BCUT2D eigenvalue weighted by Crippen LogP contribution is 2.38. The molecule has 4 unspecified atom stereocenters. The van der Waals surface area contributed by atoms with Crippen molar-refractivity contribution >= 4 is 17.7 Å². The molecule has 1 saturated carbocycles. The molecule has 0 radical (unpaired) electrons. The Kier molecular flexibility index (Phi) is 6.21. The molecule has 1 aromatic carbocycles. The minimum atomic E-state index is -0.770. The predicted octanol–water partition coefficient (Wildman–Crippen LogP) is 3.63. The standard InChI is InChI=1S/C23H32N2O3/c1-14(2)13-17-9-11-18(12-10-17)15(3)24-21(26)16(4)25-22(27)19-7-5-6-8-20(19)23(25)28/h9-12,14-16,19-20H,5-8,13H2,1-4H3,(H,24,26). The van der Waals surface area contributed by atoms with Crippen LogP contribution in [-0.2, 0) is 20.8 Å². The summed E-state index contributed by atoms with van der Waals surface area (Å²) in [5.41, 5.74) is 2.29. The number of hydrogen-bond donors (Lipinski definition) is 1. The van der Waals surface area contributed by atoms with E-state index in [1.807, 2.05) is 19.1 Å². The Hall–Kier alpha value is -2.17. The van der Waals surface area contributed by atoms with Gasteiger partial charge in [-0.15, -0.1) is 0 Å². The molecule has 0 bridgehead atoms. The second kappa shape index (κ2) is 8.46. The summed E-state index contributed by atoms with van der Waals surface area (Å²) in [5.74, 6) is -0.446. The van der Waals surface area contributed by atoms with Crippen molar-refractivity contribution in [2.45, 2.75) is 71.9 Å². The van der Waals surface area contributed by atoms with Crippen LogP contribution in [0.25, 0.3) is 0 Å². The molecule has 3 rings (SSSR count). The quantitative estimate of drug-likeness (QED) is 0.762. The molecule has 1 N–H and O–H groups in total. The Morgan fingerprint density at radius 1 is 1.00 bits per heavy atom. The molecule has 0 aromatic heterocycles. The van der Waals surface area contributed by atoms with E-state index in [9.17, 15) is 14.4 Å². The molecule has 5 heteroatoms. The van der Waals surface area contributed by atoms with Gasteiger partial charge < -0.3 is 5.32 Å². The smallest absolute Gasteiger partial charge is 0.243 e. The van der Waals surface area contributed by atoms with Gasteiger partial charge in [0, 0.05) is 0 Å². The fourth-order valence-electron chi connectivity index (χ4n) is 4.52. The van der Waals surface area contributed by atoms with Crippen molar-refractivity contribution in [2.75, 3.05) is 0 Å². The van der Waals surface area contributed by atoms with Gasteiger partial charge in [0.15, 0.2) is 0 Å². The molecular formula is C23H32N2O3. The van der Waals surface area contributed by atoms with Gasteiger partial charge in [0.1, 0.15) is 6.04 Å². The lowest BCUT2D eigenvalue weighted by Crippen LogP contribution is -2.48. The largest absolute Gasteiger partial charge is 0.348 e. The number of carbonyl (C=O) groups excluding carboxylic acids is 3. The molecule has 152 valence electrons. The van der Waals surface area contributed by atoms with Gasteiger partial charge in [-0.25, -0.2) is 0 Å². The van der Waals surface area contributed by atoms with Crippen LogP contribution in [0.3, 0.4) is 0 Å². The van der Waals surface area contributed by atoms with E-state index in [1.165, 1.54) is 10.5 Å². The Morgan fingerprint density at radius 3 is 2.04 bits per heavy atom. The fourth-order valence-corrected chi connectivity index (χ4v) is 4.52. The first kappa shape index (κ1) is 20.6. The molecule has 1 heterocycles. The van der Waals surface area contributed by atoms with E-state index in [2.05, 4.69) is 31.3 Å². The molecule has 2 aliphatic rings. The van der Waals surface area contributed by atoms with E-state index in [-0.39, 0.29) is 35.6 Å². The van der Waals surface area contributed by atoms with Gasteiger partial charge >= 0.3 is 0 Å². The predicted molar refractivity (Wildman–Crippen MR) is 108 cm³/mol. The molecule has 1 aliphatic carbocycles. The molecule has 28 heavy (non-hydrogen) atoms. The maximum atomic E-state index is 12.8. The summed E-state index contributed by atoms with van der Waals surface area (Å²) >= 11 is 0. The van der Waals surface area contributed by atoms with Crippen LogP contribution in [0.1, 0.15) is 70.5 Å². The van der Waals surface area contributed by atoms with Crippen LogP contribution in [0, 0.1) is 17.8 Å². The van der Waals surface area contributed by atoms with Gasteiger partial charge in [0.25, 0.3) is 0 Å². The first-order chi connectivity index (χ1) is 13.3. The zero-order valence-electron chi connectivity index (χ0n) is 17.4. The molecule has 2 fully saturated rings. The number of benzene rings is 1. The zero-order chi connectivity index (χ0) is 20.4. The van der Waals surface area contributed by atoms with E-state index in [0.29, 0.717) is 5.92 Å². The second-order valence-electron chi connectivity index (χ2n) is 8.79. The number of likely N-dealkylation sites (tertiary alicyclic amines) is 1. The number of fused-ring (bicyclic) bond motifs is 1. The highest BCUT2D eigenvalue weighted by atomic mass is 16.2. The van der Waals surface area contributed by atoms with Crippen LogP contribution in [0.15, 0.2) is 24.3 Å². The summed E-state index contributed by atoms with van der Waals surface area (Å²) in [7, 11) is 0. The summed E-state index contributed by atoms with van der Waals surface area (Å²) in [6, 6.07) is 7.31. The van der Waals surface area contributed by atoms with Crippen molar-refractivity contribution in [3.05, 3.63) is 35.4 Å². The summed E-state index contributed by atoms with van der Waals surface area (Å²) < 4.78 is 0. The number of hydrogen-bond acceptors (Lipinski definition) is 3. The van der Waals surface area contributed by atoms with E-state index in [4.69, 9.17) is 0 Å². The Labute approximate surface area is 167 Å². The maximum absolute atomic E-state index is 12.8. The van der Waals surface area contributed by atoms with Crippen LogP contribution >= 0.6 is 0 Å². The number of imide groups is 1. The van der Waals surface area contributed by atoms with Crippen molar-refractivity contribution in [2.24, 2.45) is 17.8 Å². The average Bonchev–Trinajstić information content (AvgIpc) is 2.92. The van der Waals surface area contributed by atoms with Crippen LogP contribution in [-0.4, -0.2) is 28.7 Å². The molecule has 0 spiro atoms. The molecule has 3 amide bonds. The van der Waals surface area contributed by atoms with E-state index < -0.39 is 6.04 Å². The maximum Gasteiger partial charge on any atom is 0.243 e. The highest BCUT2D eigenvalue weighted by molar-refractivity contribution is 6.08. The van der Waals surface area contributed by atoms with Crippen molar-refractivity contribution in [1.29, 1.82) is 0 Å². The lowest BCUT2D eigenvalue weighted by Gasteiger charge is -2.24. The van der Waals surface area contributed by atoms with Gasteiger partial charge in [-0.3, -0.25) is 19.3 Å². The van der Waals surface area contributed by atoms with E-state index in [1.54, 1.807) is 6.92 Å². The van der Waals surface area contributed by atoms with Crippen molar-refractivity contribution < 1.29 is 14.4 Å². The molecule has 4 atom stereocenters. The highest BCUT2D eigenvalue weighted by Gasteiger charge is 2.50. The van der Waals surface area contributed by atoms with E-state index in [0.717, 1.165) is 37.7 Å². The summed E-state index contributed by atoms with van der Waals surface area (Å²) in [6.07, 6.45) is 4.52. The van der Waals surface area contributed by atoms with Crippen LogP contribution in [0.2, 0.25) is 0 Å². The van der Waals surface area contributed by atoms with Crippen molar-refractivity contribution in [1.82, 2.24) is 10.2 Å². The first-order valence-electron chi connectivity index (χ1n) is 10.6. The third-order valence-corrected chi connectivity index (χ3v) is 6.12. The lowest BCUT2D eigenvalue weighted by molar-refractivity contribution is -0.147. The minimum absolute atomic E-state index is 0.164. The SMILES string of the molecule is CC(C)Cc1ccc(C(C)NC(=O)C(C)N2C(=O)C3CCCCC3C2=O)cc1. The molecule has 1 aliphatic heterocycles. The average molecular weight is 385 g/mol. The summed E-state index contributed by atoms with van der Waals surface area (Å²) in [4.78, 5) is 39.4. The monoisotopic (exact) mass is 384 g/mol.